The predicted octanol–water partition coefficient (Wildman–Crippen LogP) is 2.43. The van der Waals surface area contributed by atoms with Gasteiger partial charge in [0.15, 0.2) is 4.60 Å². The van der Waals surface area contributed by atoms with E-state index in [1.807, 2.05) is 26.2 Å². The number of nitrogens with zero attached hydrogens (tertiary/aromatic N) is 4. The number of aromatic nitrogens is 4. The average Bonchev–Trinajstić information content (AvgIpc) is 2.80. The molecule has 3 aromatic rings. The second-order valence-electron chi connectivity index (χ2n) is 4.57. The minimum Gasteiger partial charge on any atom is -0.308 e. The summed E-state index contributed by atoms with van der Waals surface area (Å²) < 4.78 is 2.53. The fourth-order valence-electron chi connectivity index (χ4n) is 2.38. The van der Waals surface area contributed by atoms with E-state index in [1.165, 1.54) is 0 Å². The van der Waals surface area contributed by atoms with Gasteiger partial charge in [0.05, 0.1) is 17.3 Å². The first-order chi connectivity index (χ1) is 9.70. The molecule has 0 saturated heterocycles. The number of pyridine rings is 1. The van der Waals surface area contributed by atoms with E-state index < -0.39 is 0 Å². The number of halogens is 1. The summed E-state index contributed by atoms with van der Waals surface area (Å²) in [7, 11) is 3.82. The zero-order valence-electron chi connectivity index (χ0n) is 11.2. The van der Waals surface area contributed by atoms with Crippen molar-refractivity contribution in [2.75, 3.05) is 7.05 Å². The van der Waals surface area contributed by atoms with Gasteiger partial charge in [-0.15, -0.1) is 5.10 Å². The Bertz CT molecular complexity index is 733. The van der Waals surface area contributed by atoms with Crippen LogP contribution in [-0.2, 0) is 7.05 Å². The van der Waals surface area contributed by atoms with Crippen molar-refractivity contribution in [2.45, 2.75) is 6.04 Å². The highest BCUT2D eigenvalue weighted by Crippen LogP contribution is 2.28. The van der Waals surface area contributed by atoms with E-state index in [4.69, 9.17) is 0 Å². The van der Waals surface area contributed by atoms with E-state index in [0.29, 0.717) is 0 Å². The van der Waals surface area contributed by atoms with E-state index in [-0.39, 0.29) is 6.04 Å². The fourth-order valence-corrected chi connectivity index (χ4v) is 2.94. The molecule has 0 radical (unpaired) electrons. The maximum absolute atomic E-state index is 4.35. The van der Waals surface area contributed by atoms with Crippen molar-refractivity contribution in [3.63, 3.8) is 0 Å². The highest BCUT2D eigenvalue weighted by molar-refractivity contribution is 9.10. The van der Waals surface area contributed by atoms with Gasteiger partial charge in [-0.1, -0.05) is 17.3 Å². The second-order valence-corrected chi connectivity index (χ2v) is 5.32. The summed E-state index contributed by atoms with van der Waals surface area (Å²) in [4.78, 5) is 4.35. The molecule has 0 saturated carbocycles. The Morgan fingerprint density at radius 3 is 2.85 bits per heavy atom. The summed E-state index contributed by atoms with van der Waals surface area (Å²) in [6, 6.07) is 10.3. The van der Waals surface area contributed by atoms with Crippen molar-refractivity contribution in [2.24, 2.45) is 7.05 Å². The van der Waals surface area contributed by atoms with Crippen LogP contribution in [0.25, 0.3) is 10.9 Å². The van der Waals surface area contributed by atoms with Gasteiger partial charge in [-0.2, -0.15) is 0 Å². The molecular formula is C14H14BrN5. The second kappa shape index (κ2) is 5.30. The van der Waals surface area contributed by atoms with E-state index in [2.05, 4.69) is 54.7 Å². The van der Waals surface area contributed by atoms with E-state index in [0.717, 1.165) is 26.8 Å². The molecule has 0 bridgehead atoms. The zero-order valence-corrected chi connectivity index (χ0v) is 12.8. The molecule has 1 unspecified atom stereocenters. The third-order valence-corrected chi connectivity index (χ3v) is 3.91. The van der Waals surface area contributed by atoms with Crippen molar-refractivity contribution >= 4 is 26.8 Å². The number of hydrogen-bond acceptors (Lipinski definition) is 4. The molecule has 2 aromatic heterocycles. The van der Waals surface area contributed by atoms with Crippen LogP contribution in [0.2, 0.25) is 0 Å². The maximum atomic E-state index is 4.35. The first-order valence-corrected chi connectivity index (χ1v) is 7.07. The molecule has 6 heteroatoms. The largest absolute Gasteiger partial charge is 0.308 e. The first-order valence-electron chi connectivity index (χ1n) is 6.27. The lowest BCUT2D eigenvalue weighted by Crippen LogP contribution is -2.21. The summed E-state index contributed by atoms with van der Waals surface area (Å²) in [5.74, 6) is 0. The van der Waals surface area contributed by atoms with Gasteiger partial charge in [-0.05, 0) is 46.7 Å². The molecule has 0 spiro atoms. The van der Waals surface area contributed by atoms with Gasteiger partial charge in [0.2, 0.25) is 0 Å². The number of rotatable bonds is 3. The highest BCUT2D eigenvalue weighted by atomic mass is 79.9. The normalized spacial score (nSPS) is 12.8. The molecule has 1 atom stereocenters. The molecule has 1 N–H and O–H groups in total. The van der Waals surface area contributed by atoms with E-state index in [1.54, 1.807) is 10.9 Å². The van der Waals surface area contributed by atoms with Gasteiger partial charge in [-0.25, -0.2) is 4.68 Å². The Hall–Kier alpha value is -1.79. The lowest BCUT2D eigenvalue weighted by Gasteiger charge is -2.17. The Balaban J connectivity index is 2.12. The third kappa shape index (κ3) is 2.21. The van der Waals surface area contributed by atoms with Crippen molar-refractivity contribution in [1.82, 2.24) is 25.3 Å². The topological polar surface area (TPSA) is 55.6 Å². The Kier molecular flexibility index (Phi) is 3.50. The Morgan fingerprint density at radius 2 is 2.15 bits per heavy atom. The molecular weight excluding hydrogens is 318 g/mol. The summed E-state index contributed by atoms with van der Waals surface area (Å²) >= 11 is 3.46. The lowest BCUT2D eigenvalue weighted by atomic mass is 10.0. The highest BCUT2D eigenvalue weighted by Gasteiger charge is 2.20. The maximum Gasteiger partial charge on any atom is 0.153 e. The number of hydrogen-bond donors (Lipinski definition) is 1. The van der Waals surface area contributed by atoms with Crippen molar-refractivity contribution < 1.29 is 0 Å². The molecule has 0 aliphatic rings. The van der Waals surface area contributed by atoms with Crippen LogP contribution in [0.15, 0.2) is 41.1 Å². The smallest absolute Gasteiger partial charge is 0.153 e. The summed E-state index contributed by atoms with van der Waals surface area (Å²) in [5.41, 5.74) is 3.14. The van der Waals surface area contributed by atoms with Crippen molar-refractivity contribution in [1.29, 1.82) is 0 Å². The molecule has 0 aliphatic carbocycles. The minimum atomic E-state index is 0.0222. The number of nitrogens with one attached hydrogen (secondary N) is 1. The van der Waals surface area contributed by atoms with Crippen LogP contribution in [0.3, 0.4) is 0 Å². The zero-order chi connectivity index (χ0) is 14.1. The van der Waals surface area contributed by atoms with Gasteiger partial charge >= 0.3 is 0 Å². The standard InChI is InChI=1S/C14H14BrN5/c1-16-12(13-14(15)18-19-20(13)2)10-5-6-11-9(8-10)4-3-7-17-11/h3-8,12,16H,1-2H3. The van der Waals surface area contributed by atoms with Crippen LogP contribution in [0, 0.1) is 0 Å². The molecule has 3 rings (SSSR count). The van der Waals surface area contributed by atoms with Crippen LogP contribution in [0.5, 0.6) is 0 Å². The Morgan fingerprint density at radius 1 is 1.30 bits per heavy atom. The van der Waals surface area contributed by atoms with Gasteiger partial charge in [0.25, 0.3) is 0 Å². The average molecular weight is 332 g/mol. The molecule has 1 aromatic carbocycles. The van der Waals surface area contributed by atoms with Crippen LogP contribution in [0.4, 0.5) is 0 Å². The molecule has 0 amide bonds. The number of aryl methyl sites for hydroxylation is 1. The number of benzene rings is 1. The van der Waals surface area contributed by atoms with Gasteiger partial charge < -0.3 is 5.32 Å². The van der Waals surface area contributed by atoms with E-state index in [9.17, 15) is 0 Å². The summed E-state index contributed by atoms with van der Waals surface area (Å²) in [5, 5.41) is 12.5. The van der Waals surface area contributed by atoms with Crippen molar-refractivity contribution in [3.8, 4) is 0 Å². The Labute approximate surface area is 125 Å². The summed E-state index contributed by atoms with van der Waals surface area (Å²) in [6.45, 7) is 0. The molecule has 20 heavy (non-hydrogen) atoms. The quantitative estimate of drug-likeness (QED) is 0.800. The molecule has 0 aliphatic heterocycles. The van der Waals surface area contributed by atoms with Gasteiger partial charge in [0, 0.05) is 18.6 Å². The minimum absolute atomic E-state index is 0.0222. The third-order valence-electron chi connectivity index (χ3n) is 3.35. The van der Waals surface area contributed by atoms with Crippen LogP contribution >= 0.6 is 15.9 Å². The lowest BCUT2D eigenvalue weighted by molar-refractivity contribution is 0.597. The molecule has 5 nitrogen and oxygen atoms in total. The molecule has 2 heterocycles. The van der Waals surface area contributed by atoms with Crippen LogP contribution in [0.1, 0.15) is 17.3 Å². The van der Waals surface area contributed by atoms with Gasteiger partial charge in [-0.3, -0.25) is 4.98 Å². The predicted molar refractivity (Wildman–Crippen MR) is 81.3 cm³/mol. The molecule has 102 valence electrons. The summed E-state index contributed by atoms with van der Waals surface area (Å²) in [6.07, 6.45) is 1.80. The SMILES string of the molecule is CNC(c1ccc2ncccc2c1)c1c(Br)nnn1C. The fraction of sp³-hybridized carbons (Fsp3) is 0.214. The molecule has 0 fully saturated rings. The van der Waals surface area contributed by atoms with E-state index >= 15 is 0 Å². The van der Waals surface area contributed by atoms with Gasteiger partial charge in [0.1, 0.15) is 0 Å². The van der Waals surface area contributed by atoms with Crippen LogP contribution < -0.4 is 5.32 Å². The van der Waals surface area contributed by atoms with Crippen LogP contribution in [-0.4, -0.2) is 27.0 Å². The van der Waals surface area contributed by atoms with Crippen molar-refractivity contribution in [3.05, 3.63) is 52.4 Å². The number of fused-ring (bicyclic) bond motifs is 1. The monoisotopic (exact) mass is 331 g/mol. The first kappa shape index (κ1) is 13.2.